The van der Waals surface area contributed by atoms with Crippen LogP contribution >= 0.6 is 11.8 Å². The number of carbonyl (C=O) groups excluding carboxylic acids is 1. The predicted molar refractivity (Wildman–Crippen MR) is 84.7 cm³/mol. The van der Waals surface area contributed by atoms with Crippen molar-refractivity contribution in [1.29, 1.82) is 0 Å². The van der Waals surface area contributed by atoms with Gasteiger partial charge in [-0.2, -0.15) is 0 Å². The first kappa shape index (κ1) is 15.4. The van der Waals surface area contributed by atoms with E-state index in [0.717, 1.165) is 11.3 Å². The van der Waals surface area contributed by atoms with Crippen LogP contribution in [-0.4, -0.2) is 26.0 Å². The van der Waals surface area contributed by atoms with E-state index in [4.69, 9.17) is 5.84 Å². The zero-order valence-electron chi connectivity index (χ0n) is 12.3. The number of nitrogens with one attached hydrogen (secondary N) is 1. The third kappa shape index (κ3) is 3.55. The SMILES string of the molecule is CCc1nnc(S[C@@H](C)C(=O)Nc2ccccc2C)n1N. The summed E-state index contributed by atoms with van der Waals surface area (Å²) in [6.07, 6.45) is 0.702. The van der Waals surface area contributed by atoms with Gasteiger partial charge in [0.1, 0.15) is 0 Å². The van der Waals surface area contributed by atoms with Crippen LogP contribution in [0.4, 0.5) is 5.69 Å². The van der Waals surface area contributed by atoms with Crippen molar-refractivity contribution < 1.29 is 4.79 Å². The van der Waals surface area contributed by atoms with Gasteiger partial charge >= 0.3 is 0 Å². The smallest absolute Gasteiger partial charge is 0.237 e. The molecule has 0 saturated carbocycles. The third-order valence-corrected chi connectivity index (χ3v) is 4.16. The molecule has 7 heteroatoms. The lowest BCUT2D eigenvalue weighted by atomic mass is 10.2. The van der Waals surface area contributed by atoms with Crippen LogP contribution in [0, 0.1) is 6.92 Å². The lowest BCUT2D eigenvalue weighted by molar-refractivity contribution is -0.115. The molecule has 0 bridgehead atoms. The van der Waals surface area contributed by atoms with E-state index >= 15 is 0 Å². The molecule has 2 aromatic rings. The zero-order chi connectivity index (χ0) is 15.4. The number of hydrogen-bond donors (Lipinski definition) is 2. The van der Waals surface area contributed by atoms with Gasteiger partial charge in [0.05, 0.1) is 5.25 Å². The number of para-hydroxylation sites is 1. The van der Waals surface area contributed by atoms with Crippen molar-refractivity contribution in [2.24, 2.45) is 0 Å². The van der Waals surface area contributed by atoms with Gasteiger partial charge in [0, 0.05) is 12.1 Å². The number of carbonyl (C=O) groups is 1. The van der Waals surface area contributed by atoms with E-state index < -0.39 is 0 Å². The fraction of sp³-hybridized carbons (Fsp3) is 0.357. The van der Waals surface area contributed by atoms with Crippen LogP contribution in [0.3, 0.4) is 0 Å². The van der Waals surface area contributed by atoms with E-state index in [-0.39, 0.29) is 11.2 Å². The fourth-order valence-corrected chi connectivity index (χ4v) is 2.58. The number of anilines is 1. The first-order valence-corrected chi connectivity index (χ1v) is 7.63. The van der Waals surface area contributed by atoms with Gasteiger partial charge in [-0.3, -0.25) is 4.79 Å². The minimum atomic E-state index is -0.319. The number of amides is 1. The molecule has 3 N–H and O–H groups in total. The predicted octanol–water partition coefficient (Wildman–Crippen LogP) is 1.98. The Morgan fingerprint density at radius 3 is 2.76 bits per heavy atom. The fourth-order valence-electron chi connectivity index (χ4n) is 1.79. The molecule has 0 fully saturated rings. The van der Waals surface area contributed by atoms with Crippen molar-refractivity contribution in [2.45, 2.75) is 37.6 Å². The number of nitrogen functional groups attached to an aromatic ring is 1. The summed E-state index contributed by atoms with van der Waals surface area (Å²) >= 11 is 1.29. The summed E-state index contributed by atoms with van der Waals surface area (Å²) in [6.45, 7) is 5.73. The molecule has 112 valence electrons. The number of thioether (sulfide) groups is 1. The topological polar surface area (TPSA) is 85.8 Å². The number of aromatic nitrogens is 3. The quantitative estimate of drug-likeness (QED) is 0.651. The molecule has 0 unspecified atom stereocenters. The van der Waals surface area contributed by atoms with Crippen LogP contribution in [0.25, 0.3) is 0 Å². The highest BCUT2D eigenvalue weighted by molar-refractivity contribution is 8.00. The largest absolute Gasteiger partial charge is 0.336 e. The number of aryl methyl sites for hydroxylation is 2. The number of benzene rings is 1. The lowest BCUT2D eigenvalue weighted by Crippen LogP contribution is -2.24. The number of hydrogen-bond acceptors (Lipinski definition) is 5. The van der Waals surface area contributed by atoms with Crippen LogP contribution in [0.2, 0.25) is 0 Å². The molecule has 1 heterocycles. The molecule has 0 aliphatic heterocycles. The van der Waals surface area contributed by atoms with Gasteiger partial charge in [0.15, 0.2) is 5.82 Å². The summed E-state index contributed by atoms with van der Waals surface area (Å²) in [6, 6.07) is 7.67. The summed E-state index contributed by atoms with van der Waals surface area (Å²) in [5.74, 6) is 6.49. The monoisotopic (exact) mass is 305 g/mol. The van der Waals surface area contributed by atoms with Crippen LogP contribution in [0.1, 0.15) is 25.2 Å². The summed E-state index contributed by atoms with van der Waals surface area (Å²) < 4.78 is 1.43. The first-order chi connectivity index (χ1) is 10.0. The van der Waals surface area contributed by atoms with E-state index in [9.17, 15) is 4.79 Å². The Morgan fingerprint density at radius 2 is 2.14 bits per heavy atom. The minimum Gasteiger partial charge on any atom is -0.336 e. The van der Waals surface area contributed by atoms with Crippen molar-refractivity contribution in [3.8, 4) is 0 Å². The molecule has 0 radical (unpaired) electrons. The van der Waals surface area contributed by atoms with E-state index in [1.165, 1.54) is 16.4 Å². The minimum absolute atomic E-state index is 0.0876. The highest BCUT2D eigenvalue weighted by Gasteiger charge is 2.19. The summed E-state index contributed by atoms with van der Waals surface area (Å²) in [7, 11) is 0. The number of nitrogens with two attached hydrogens (primary N) is 1. The van der Waals surface area contributed by atoms with Crippen molar-refractivity contribution >= 4 is 23.4 Å². The van der Waals surface area contributed by atoms with Gasteiger partial charge in [-0.15, -0.1) is 10.2 Å². The van der Waals surface area contributed by atoms with E-state index in [0.29, 0.717) is 17.4 Å². The highest BCUT2D eigenvalue weighted by atomic mass is 32.2. The average molecular weight is 305 g/mol. The third-order valence-electron chi connectivity index (χ3n) is 3.11. The van der Waals surface area contributed by atoms with E-state index in [1.54, 1.807) is 0 Å². The Hall–Kier alpha value is -2.02. The van der Waals surface area contributed by atoms with Gasteiger partial charge in [0.25, 0.3) is 0 Å². The Bertz CT molecular complexity index is 640. The second-order valence-electron chi connectivity index (χ2n) is 4.69. The summed E-state index contributed by atoms with van der Waals surface area (Å²) in [4.78, 5) is 12.2. The van der Waals surface area contributed by atoms with Crippen molar-refractivity contribution in [2.75, 3.05) is 11.2 Å². The van der Waals surface area contributed by atoms with Gasteiger partial charge in [-0.25, -0.2) is 4.68 Å². The van der Waals surface area contributed by atoms with Crippen molar-refractivity contribution in [3.05, 3.63) is 35.7 Å². The first-order valence-electron chi connectivity index (χ1n) is 6.75. The molecule has 2 rings (SSSR count). The molecule has 21 heavy (non-hydrogen) atoms. The van der Waals surface area contributed by atoms with Crippen LogP contribution in [-0.2, 0) is 11.2 Å². The van der Waals surface area contributed by atoms with Gasteiger partial charge in [-0.05, 0) is 25.5 Å². The molecule has 1 atom stereocenters. The Kier molecular flexibility index (Phi) is 4.85. The molecular formula is C14H19N5OS. The molecular weight excluding hydrogens is 286 g/mol. The van der Waals surface area contributed by atoms with E-state index in [1.807, 2.05) is 45.0 Å². The maximum absolute atomic E-state index is 12.2. The molecule has 0 saturated heterocycles. The molecule has 0 aliphatic rings. The van der Waals surface area contributed by atoms with E-state index in [2.05, 4.69) is 15.5 Å². The van der Waals surface area contributed by atoms with Gasteiger partial charge < -0.3 is 11.2 Å². The van der Waals surface area contributed by atoms with Crippen molar-refractivity contribution in [3.63, 3.8) is 0 Å². The number of rotatable bonds is 5. The summed E-state index contributed by atoms with van der Waals surface area (Å²) in [5.41, 5.74) is 1.84. The van der Waals surface area contributed by atoms with Crippen molar-refractivity contribution in [1.82, 2.24) is 14.9 Å². The normalized spacial score (nSPS) is 12.1. The maximum atomic E-state index is 12.2. The molecule has 1 aromatic heterocycles. The molecule has 1 amide bonds. The highest BCUT2D eigenvalue weighted by Crippen LogP contribution is 2.22. The average Bonchev–Trinajstić information content (AvgIpc) is 2.82. The second-order valence-corrected chi connectivity index (χ2v) is 5.99. The Labute approximate surface area is 128 Å². The molecule has 1 aromatic carbocycles. The number of nitrogens with zero attached hydrogens (tertiary/aromatic N) is 3. The maximum Gasteiger partial charge on any atom is 0.237 e. The van der Waals surface area contributed by atoms with Crippen LogP contribution in [0.5, 0.6) is 0 Å². The van der Waals surface area contributed by atoms with Crippen LogP contribution < -0.4 is 11.2 Å². The summed E-state index contributed by atoms with van der Waals surface area (Å²) in [5, 5.41) is 11.1. The Morgan fingerprint density at radius 1 is 1.43 bits per heavy atom. The Balaban J connectivity index is 2.03. The van der Waals surface area contributed by atoms with Gasteiger partial charge in [-0.1, -0.05) is 36.9 Å². The second kappa shape index (κ2) is 6.62. The molecule has 0 spiro atoms. The lowest BCUT2D eigenvalue weighted by Gasteiger charge is -2.12. The molecule has 0 aliphatic carbocycles. The molecule has 6 nitrogen and oxygen atoms in total. The van der Waals surface area contributed by atoms with Gasteiger partial charge in [0.2, 0.25) is 11.1 Å². The van der Waals surface area contributed by atoms with Crippen LogP contribution in [0.15, 0.2) is 29.4 Å². The zero-order valence-corrected chi connectivity index (χ0v) is 13.1. The standard InChI is InChI=1S/C14H19N5OS/c1-4-12-17-18-14(19(12)15)21-10(3)13(20)16-11-8-6-5-7-9(11)2/h5-8,10H,4,15H2,1-3H3,(H,16,20)/t10-/m0/s1.